The second-order valence-electron chi connectivity index (χ2n) is 11.7. The molecule has 0 spiro atoms. The lowest BCUT2D eigenvalue weighted by Gasteiger charge is -2.28. The number of anilines is 4. The van der Waals surface area contributed by atoms with Crippen LogP contribution in [0.25, 0.3) is 5.57 Å². The van der Waals surface area contributed by atoms with Crippen molar-refractivity contribution in [2.45, 2.75) is 26.2 Å². The number of aliphatic imine (C=N–C) groups is 2. The molecular weight excluding hydrogens is 693 g/mol. The molecule has 0 unspecified atom stereocenters. The Hall–Kier alpha value is -4.17. The molecule has 5 N–H and O–H groups in total. The van der Waals surface area contributed by atoms with E-state index in [-0.39, 0.29) is 5.91 Å². The molecule has 0 aliphatic carbocycles. The monoisotopic (exact) mass is 735 g/mol. The fourth-order valence-corrected chi connectivity index (χ4v) is 6.88. The molecule has 2 aliphatic heterocycles. The van der Waals surface area contributed by atoms with Crippen LogP contribution in [0, 0.1) is 12.8 Å². The van der Waals surface area contributed by atoms with Crippen molar-refractivity contribution >= 4 is 67.9 Å². The first kappa shape index (κ1) is 33.2. The molecule has 5 rings (SSSR count). The number of amidine groups is 1. The number of hydrogen-bond donors (Lipinski definition) is 3. The van der Waals surface area contributed by atoms with E-state index in [1.165, 1.54) is 11.9 Å². The van der Waals surface area contributed by atoms with Gasteiger partial charge in [0.25, 0.3) is 21.5 Å². The number of rotatable bonds is 12. The SMILES string of the molecule is CN=CN=C(N)c1ccc(C2=CCN(C(=O)CN3CC[C@@H](CCN(I=O)c4ccc(N)c(Nc5ccnc(C)c5)c4)C3)CC2)cc1. The molecule has 12 heteroatoms. The maximum absolute atomic E-state index is 13.2. The first-order valence-electron chi connectivity index (χ1n) is 15.5. The normalized spacial score (nSPS) is 17.3. The van der Waals surface area contributed by atoms with Crippen LogP contribution in [-0.2, 0) is 7.86 Å². The highest BCUT2D eigenvalue weighted by Crippen LogP contribution is 2.32. The zero-order valence-electron chi connectivity index (χ0n) is 26.4. The van der Waals surface area contributed by atoms with Crippen molar-refractivity contribution in [1.82, 2.24) is 14.8 Å². The van der Waals surface area contributed by atoms with Crippen molar-refractivity contribution in [3.05, 3.63) is 83.7 Å². The number of hydrogen-bond acceptors (Lipinski definition) is 7. The zero-order valence-corrected chi connectivity index (χ0v) is 28.6. The molecule has 1 saturated heterocycles. The summed E-state index contributed by atoms with van der Waals surface area (Å²) in [4.78, 5) is 29.6. The number of benzene rings is 2. The number of likely N-dealkylation sites (tertiary alicyclic amines) is 1. The van der Waals surface area contributed by atoms with Crippen molar-refractivity contribution in [3.8, 4) is 0 Å². The van der Waals surface area contributed by atoms with E-state index in [1.807, 2.05) is 57.4 Å². The Balaban J connectivity index is 1.09. The molecule has 3 aromatic rings. The number of nitrogens with two attached hydrogens (primary N) is 2. The number of halogens is 1. The smallest absolute Gasteiger partial charge is 0.273 e. The predicted octanol–water partition coefficient (Wildman–Crippen LogP) is 5.14. The van der Waals surface area contributed by atoms with E-state index in [4.69, 9.17) is 11.5 Å². The van der Waals surface area contributed by atoms with Crippen molar-refractivity contribution in [2.75, 3.05) is 60.5 Å². The highest BCUT2D eigenvalue weighted by atomic mass is 127. The van der Waals surface area contributed by atoms with Crippen LogP contribution in [0.1, 0.15) is 36.1 Å². The predicted molar refractivity (Wildman–Crippen MR) is 195 cm³/mol. The largest absolute Gasteiger partial charge is 0.397 e. The van der Waals surface area contributed by atoms with Crippen molar-refractivity contribution in [3.63, 3.8) is 0 Å². The number of aryl methyl sites for hydroxylation is 1. The molecule has 11 nitrogen and oxygen atoms in total. The van der Waals surface area contributed by atoms with Crippen LogP contribution >= 0.6 is 21.5 Å². The van der Waals surface area contributed by atoms with Crippen LogP contribution in [-0.4, -0.2) is 79.2 Å². The fraction of sp³-hybridized carbons (Fsp3) is 0.353. The number of aromatic nitrogens is 1. The van der Waals surface area contributed by atoms with Crippen LogP contribution in [0.15, 0.2) is 76.9 Å². The zero-order chi connectivity index (χ0) is 32.5. The van der Waals surface area contributed by atoms with Crippen LogP contribution < -0.4 is 19.9 Å². The van der Waals surface area contributed by atoms with Crippen LogP contribution in [0.2, 0.25) is 0 Å². The minimum Gasteiger partial charge on any atom is -0.397 e. The third kappa shape index (κ3) is 8.75. The molecule has 0 bridgehead atoms. The fourth-order valence-electron chi connectivity index (χ4n) is 5.87. The summed E-state index contributed by atoms with van der Waals surface area (Å²) in [6.07, 6.45) is 8.12. The Morgan fingerprint density at radius 1 is 1.17 bits per heavy atom. The standard InChI is InChI=1S/C34H42IN9O2/c1-24-19-29(9-14-39-24)41-32-20-30(7-8-31(32)36)44(35-46)18-11-25-10-15-42(21-25)22-33(45)43-16-12-27(13-17-43)26-3-5-28(6-4-26)34(37)40-23-38-2/h3-9,12,14,19-20,23,25H,10-11,13,15-18,21-22,36H2,1-2H3,(H,39,41)(H2,37,38,40)/t25-/m0/s1. The van der Waals surface area contributed by atoms with Crippen LogP contribution in [0.4, 0.5) is 22.7 Å². The second-order valence-corrected chi connectivity index (χ2v) is 13.3. The Bertz CT molecular complexity index is 1620. The topological polar surface area (TPSA) is 146 Å². The Morgan fingerprint density at radius 2 is 2.00 bits per heavy atom. The molecule has 46 heavy (non-hydrogen) atoms. The van der Waals surface area contributed by atoms with E-state index >= 15 is 0 Å². The Kier molecular flexibility index (Phi) is 11.5. The summed E-state index contributed by atoms with van der Waals surface area (Å²) in [6, 6.07) is 17.6. The highest BCUT2D eigenvalue weighted by molar-refractivity contribution is 14.1. The van der Waals surface area contributed by atoms with E-state index in [2.05, 4.69) is 43.4 Å². The summed E-state index contributed by atoms with van der Waals surface area (Å²) in [6.45, 7) is 6.19. The van der Waals surface area contributed by atoms with Gasteiger partial charge in [0, 0.05) is 56.4 Å². The highest BCUT2D eigenvalue weighted by Gasteiger charge is 2.27. The number of nitrogens with zero attached hydrogens (tertiary/aromatic N) is 6. The van der Waals surface area contributed by atoms with E-state index in [1.54, 1.807) is 13.2 Å². The number of nitrogen functional groups attached to an aromatic ring is 1. The molecule has 2 aliphatic rings. The number of nitrogens with one attached hydrogen (secondary N) is 1. The second kappa shape index (κ2) is 15.9. The summed E-state index contributed by atoms with van der Waals surface area (Å²) in [7, 11) is 1.65. The number of amides is 1. The lowest BCUT2D eigenvalue weighted by molar-refractivity contribution is -0.131. The van der Waals surface area contributed by atoms with Gasteiger partial charge in [-0.2, -0.15) is 0 Å². The van der Waals surface area contributed by atoms with Gasteiger partial charge in [0.05, 0.1) is 23.6 Å². The summed E-state index contributed by atoms with van der Waals surface area (Å²) in [5, 5.41) is 3.36. The summed E-state index contributed by atoms with van der Waals surface area (Å²) < 4.78 is 14.3. The third-order valence-corrected chi connectivity index (χ3v) is 9.98. The van der Waals surface area contributed by atoms with Gasteiger partial charge in [-0.1, -0.05) is 30.3 Å². The number of carbonyl (C=O) groups excluding carboxylic acids is 1. The average Bonchev–Trinajstić information content (AvgIpc) is 3.52. The summed E-state index contributed by atoms with van der Waals surface area (Å²) in [5.74, 6) is 1.06. The quantitative estimate of drug-likeness (QED) is 0.0763. The maximum Gasteiger partial charge on any atom is 0.273 e. The Morgan fingerprint density at radius 3 is 2.72 bits per heavy atom. The van der Waals surface area contributed by atoms with Gasteiger partial charge in [0.15, 0.2) is 0 Å². The van der Waals surface area contributed by atoms with E-state index < -0.39 is 21.5 Å². The molecule has 1 amide bonds. The number of pyridine rings is 1. The molecule has 3 heterocycles. The minimum absolute atomic E-state index is 0.172. The first-order valence-corrected chi connectivity index (χ1v) is 17.4. The molecular formula is C34H42IN9O2. The molecule has 0 saturated carbocycles. The molecule has 0 radical (unpaired) electrons. The van der Waals surface area contributed by atoms with Crippen molar-refractivity contribution < 1.29 is 7.86 Å². The third-order valence-electron chi connectivity index (χ3n) is 8.46. The lowest BCUT2D eigenvalue weighted by Crippen LogP contribution is -2.41. The summed E-state index contributed by atoms with van der Waals surface area (Å²) >= 11 is -1.40. The summed E-state index contributed by atoms with van der Waals surface area (Å²) in [5.41, 5.74) is 19.6. The van der Waals surface area contributed by atoms with Crippen molar-refractivity contribution in [2.24, 2.45) is 21.6 Å². The van der Waals surface area contributed by atoms with Gasteiger partial charge in [0.1, 0.15) is 12.2 Å². The minimum atomic E-state index is -1.40. The van der Waals surface area contributed by atoms with E-state index in [9.17, 15) is 7.86 Å². The van der Waals surface area contributed by atoms with Gasteiger partial charge in [-0.3, -0.25) is 22.8 Å². The molecule has 1 fully saturated rings. The van der Waals surface area contributed by atoms with Gasteiger partial charge in [-0.15, -0.1) is 0 Å². The van der Waals surface area contributed by atoms with Crippen LogP contribution in [0.5, 0.6) is 0 Å². The first-order chi connectivity index (χ1) is 22.3. The number of carbonyl (C=O) groups is 1. The van der Waals surface area contributed by atoms with E-state index in [0.717, 1.165) is 66.2 Å². The molecule has 242 valence electrons. The average molecular weight is 736 g/mol. The van der Waals surface area contributed by atoms with Gasteiger partial charge < -0.3 is 21.7 Å². The molecule has 1 atom stereocenters. The van der Waals surface area contributed by atoms with Crippen molar-refractivity contribution in [1.29, 1.82) is 0 Å². The van der Waals surface area contributed by atoms with Gasteiger partial charge in [-0.05, 0) is 80.1 Å². The van der Waals surface area contributed by atoms with Gasteiger partial charge in [0.2, 0.25) is 5.91 Å². The molecule has 1 aromatic heterocycles. The Labute approximate surface area is 281 Å². The van der Waals surface area contributed by atoms with Crippen LogP contribution in [0.3, 0.4) is 0 Å². The molecule has 2 aromatic carbocycles. The maximum atomic E-state index is 13.2. The van der Waals surface area contributed by atoms with Gasteiger partial charge in [-0.25, -0.2) is 8.06 Å². The lowest BCUT2D eigenvalue weighted by atomic mass is 9.98. The van der Waals surface area contributed by atoms with E-state index in [0.29, 0.717) is 43.6 Å². The van der Waals surface area contributed by atoms with Gasteiger partial charge >= 0.3 is 0 Å².